The number of nitrogens with zero attached hydrogens (tertiary/aromatic N) is 2. The first-order valence-electron chi connectivity index (χ1n) is 4.43. The van der Waals surface area contributed by atoms with Crippen molar-refractivity contribution in [3.8, 4) is 0 Å². The molecule has 0 saturated carbocycles. The molecule has 0 fully saturated rings. The fourth-order valence-corrected chi connectivity index (χ4v) is 1.24. The van der Waals surface area contributed by atoms with Gasteiger partial charge in [-0.3, -0.25) is 0 Å². The second kappa shape index (κ2) is 2.59. The summed E-state index contributed by atoms with van der Waals surface area (Å²) >= 11 is 0. The zero-order valence-corrected chi connectivity index (χ0v) is 8.20. The Kier molecular flexibility index (Phi) is 1.65. The van der Waals surface area contributed by atoms with Gasteiger partial charge in [-0.25, -0.2) is 4.98 Å². The number of hydrogen-bond donors (Lipinski definition) is 0. The predicted octanol–water partition coefficient (Wildman–Crippen LogP) is 2.43. The Labute approximate surface area is 78.2 Å². The summed E-state index contributed by atoms with van der Waals surface area (Å²) in [6, 6.07) is 6.87. The van der Waals surface area contributed by atoms with Crippen LogP contribution < -0.4 is 0 Å². The molecule has 1 radical (unpaired) electrons. The van der Waals surface area contributed by atoms with Crippen LogP contribution in [0.15, 0.2) is 24.5 Å². The molecule has 2 heteroatoms. The molecule has 0 bridgehead atoms. The van der Waals surface area contributed by atoms with Gasteiger partial charge >= 0.3 is 0 Å². The number of fused-ring (bicyclic) bond motifs is 1. The molecule has 0 amide bonds. The van der Waals surface area contributed by atoms with Gasteiger partial charge in [-0.15, -0.1) is 0 Å². The van der Waals surface area contributed by atoms with Crippen LogP contribution in [0.3, 0.4) is 0 Å². The monoisotopic (exact) mass is 173 g/mol. The molecule has 0 atom stereocenters. The van der Waals surface area contributed by atoms with Crippen molar-refractivity contribution in [2.75, 3.05) is 0 Å². The molecule has 0 aliphatic heterocycles. The molecule has 0 aliphatic carbocycles. The molecule has 2 aromatic rings. The SMILES string of the molecule is CC(C)(C)c1cn2c[c]ccc2n1. The van der Waals surface area contributed by atoms with E-state index in [-0.39, 0.29) is 5.41 Å². The average Bonchev–Trinajstić information content (AvgIpc) is 2.45. The third kappa shape index (κ3) is 1.44. The van der Waals surface area contributed by atoms with Crippen molar-refractivity contribution in [3.63, 3.8) is 0 Å². The summed E-state index contributed by atoms with van der Waals surface area (Å²) in [5.74, 6) is 0. The zero-order valence-electron chi connectivity index (χ0n) is 8.20. The Bertz CT molecular complexity index is 388. The van der Waals surface area contributed by atoms with Crippen LogP contribution in [0, 0.1) is 6.07 Å². The summed E-state index contributed by atoms with van der Waals surface area (Å²) in [5, 5.41) is 0. The van der Waals surface area contributed by atoms with E-state index in [1.807, 2.05) is 22.7 Å². The molecule has 0 aromatic carbocycles. The van der Waals surface area contributed by atoms with E-state index >= 15 is 0 Å². The second-order valence-electron chi connectivity index (χ2n) is 4.27. The lowest BCUT2D eigenvalue weighted by atomic mass is 9.93. The minimum absolute atomic E-state index is 0.117. The largest absolute Gasteiger partial charge is 0.306 e. The van der Waals surface area contributed by atoms with Gasteiger partial charge in [0.25, 0.3) is 0 Å². The first-order valence-corrected chi connectivity index (χ1v) is 4.43. The Morgan fingerprint density at radius 1 is 1.38 bits per heavy atom. The van der Waals surface area contributed by atoms with E-state index < -0.39 is 0 Å². The number of imidazole rings is 1. The van der Waals surface area contributed by atoms with E-state index in [0.29, 0.717) is 0 Å². The Hall–Kier alpha value is -1.31. The van der Waals surface area contributed by atoms with Crippen molar-refractivity contribution in [2.45, 2.75) is 26.2 Å². The highest BCUT2D eigenvalue weighted by molar-refractivity contribution is 5.40. The molecule has 67 valence electrons. The van der Waals surface area contributed by atoms with Crippen LogP contribution in [0.4, 0.5) is 0 Å². The molecular weight excluding hydrogens is 160 g/mol. The number of hydrogen-bond acceptors (Lipinski definition) is 1. The third-order valence-corrected chi connectivity index (χ3v) is 2.07. The lowest BCUT2D eigenvalue weighted by molar-refractivity contribution is 0.573. The Morgan fingerprint density at radius 2 is 2.15 bits per heavy atom. The van der Waals surface area contributed by atoms with Crippen molar-refractivity contribution in [1.82, 2.24) is 9.38 Å². The Morgan fingerprint density at radius 3 is 2.77 bits per heavy atom. The van der Waals surface area contributed by atoms with Gasteiger partial charge in [0.2, 0.25) is 0 Å². The van der Waals surface area contributed by atoms with Gasteiger partial charge in [0.1, 0.15) is 5.65 Å². The highest BCUT2D eigenvalue weighted by atomic mass is 15.0. The molecule has 0 unspecified atom stereocenters. The van der Waals surface area contributed by atoms with Crippen LogP contribution >= 0.6 is 0 Å². The van der Waals surface area contributed by atoms with E-state index in [9.17, 15) is 0 Å². The lowest BCUT2D eigenvalue weighted by Crippen LogP contribution is -2.11. The first-order chi connectivity index (χ1) is 6.07. The molecule has 2 nitrogen and oxygen atoms in total. The fraction of sp³-hybridized carbons (Fsp3) is 0.364. The van der Waals surface area contributed by atoms with Gasteiger partial charge < -0.3 is 4.40 Å². The number of rotatable bonds is 0. The second-order valence-corrected chi connectivity index (χ2v) is 4.27. The molecule has 0 aliphatic rings. The summed E-state index contributed by atoms with van der Waals surface area (Å²) in [6.07, 6.45) is 3.96. The highest BCUT2D eigenvalue weighted by Crippen LogP contribution is 2.20. The van der Waals surface area contributed by atoms with Crippen molar-refractivity contribution < 1.29 is 0 Å². The van der Waals surface area contributed by atoms with Crippen molar-refractivity contribution in [3.05, 3.63) is 36.3 Å². The normalized spacial score (nSPS) is 12.2. The van der Waals surface area contributed by atoms with Crippen molar-refractivity contribution in [1.29, 1.82) is 0 Å². The van der Waals surface area contributed by atoms with Crippen LogP contribution in [0.5, 0.6) is 0 Å². The van der Waals surface area contributed by atoms with Crippen LogP contribution in [0.25, 0.3) is 5.65 Å². The summed E-state index contributed by atoms with van der Waals surface area (Å²) in [7, 11) is 0. The Balaban J connectivity index is 2.63. The van der Waals surface area contributed by atoms with Gasteiger partial charge in [-0.05, 0) is 18.2 Å². The predicted molar refractivity (Wildman–Crippen MR) is 52.7 cm³/mol. The lowest BCUT2D eigenvalue weighted by Gasteiger charge is -2.13. The van der Waals surface area contributed by atoms with Gasteiger partial charge in [-0.1, -0.05) is 20.8 Å². The van der Waals surface area contributed by atoms with E-state index in [1.165, 1.54) is 0 Å². The average molecular weight is 173 g/mol. The molecule has 0 spiro atoms. The fourth-order valence-electron chi connectivity index (χ4n) is 1.24. The van der Waals surface area contributed by atoms with E-state index in [4.69, 9.17) is 0 Å². The molecule has 2 heterocycles. The van der Waals surface area contributed by atoms with Gasteiger partial charge in [0, 0.05) is 17.8 Å². The maximum Gasteiger partial charge on any atom is 0.137 e. The molecule has 0 N–H and O–H groups in total. The maximum absolute atomic E-state index is 4.53. The van der Waals surface area contributed by atoms with E-state index in [2.05, 4.69) is 38.0 Å². The van der Waals surface area contributed by atoms with E-state index in [1.54, 1.807) is 0 Å². The van der Waals surface area contributed by atoms with Crippen LogP contribution in [-0.2, 0) is 5.41 Å². The third-order valence-electron chi connectivity index (χ3n) is 2.07. The first kappa shape index (κ1) is 8.30. The zero-order chi connectivity index (χ0) is 9.47. The number of aromatic nitrogens is 2. The number of pyridine rings is 1. The van der Waals surface area contributed by atoms with Crippen LogP contribution in [0.2, 0.25) is 0 Å². The minimum Gasteiger partial charge on any atom is -0.306 e. The molecule has 0 saturated heterocycles. The van der Waals surface area contributed by atoms with E-state index in [0.717, 1.165) is 11.3 Å². The van der Waals surface area contributed by atoms with Gasteiger partial charge in [0.05, 0.1) is 5.69 Å². The highest BCUT2D eigenvalue weighted by Gasteiger charge is 2.16. The quantitative estimate of drug-likeness (QED) is 0.598. The van der Waals surface area contributed by atoms with Crippen molar-refractivity contribution >= 4 is 5.65 Å². The summed E-state index contributed by atoms with van der Waals surface area (Å²) in [4.78, 5) is 4.53. The van der Waals surface area contributed by atoms with Gasteiger partial charge in [-0.2, -0.15) is 0 Å². The molecule has 13 heavy (non-hydrogen) atoms. The molecular formula is C11H13N2. The molecule has 2 rings (SSSR count). The van der Waals surface area contributed by atoms with Crippen LogP contribution in [-0.4, -0.2) is 9.38 Å². The summed E-state index contributed by atoms with van der Waals surface area (Å²) < 4.78 is 2.00. The topological polar surface area (TPSA) is 17.3 Å². The maximum atomic E-state index is 4.53. The molecule has 2 aromatic heterocycles. The minimum atomic E-state index is 0.117. The summed E-state index contributed by atoms with van der Waals surface area (Å²) in [5.41, 5.74) is 2.22. The van der Waals surface area contributed by atoms with Crippen molar-refractivity contribution in [2.24, 2.45) is 0 Å². The smallest absolute Gasteiger partial charge is 0.137 e. The van der Waals surface area contributed by atoms with Gasteiger partial charge in [0.15, 0.2) is 0 Å². The standard InChI is InChI=1S/C11H13N2/c1-11(2,3)9-8-13-7-5-4-6-10(13)12-9/h4,6-8H,1-3H3. The summed E-state index contributed by atoms with van der Waals surface area (Å²) in [6.45, 7) is 6.50. The van der Waals surface area contributed by atoms with Crippen LogP contribution in [0.1, 0.15) is 26.5 Å².